The summed E-state index contributed by atoms with van der Waals surface area (Å²) in [5.74, 6) is 0.731. The van der Waals surface area contributed by atoms with Crippen molar-refractivity contribution in [2.45, 2.75) is 44.6 Å². The summed E-state index contributed by atoms with van der Waals surface area (Å²) in [5.41, 5.74) is 1.03. The van der Waals surface area contributed by atoms with E-state index in [-0.39, 0.29) is 4.90 Å². The molecule has 1 aliphatic heterocycles. The van der Waals surface area contributed by atoms with Crippen molar-refractivity contribution in [3.8, 4) is 0 Å². The molecule has 1 atom stereocenters. The lowest BCUT2D eigenvalue weighted by atomic mass is 10.2. The Balaban J connectivity index is 1.81. The van der Waals surface area contributed by atoms with Crippen LogP contribution in [0.15, 0.2) is 34.2 Å². The van der Waals surface area contributed by atoms with E-state index >= 15 is 0 Å². The third kappa shape index (κ3) is 6.79. The SMILES string of the molecule is CCNC(=NCC1CCCN1CC)NCCNS(=O)(=O)c1ccc(C)cc1. The third-order valence-electron chi connectivity index (χ3n) is 4.75. The van der Waals surface area contributed by atoms with Crippen molar-refractivity contribution in [2.75, 3.05) is 39.3 Å². The van der Waals surface area contributed by atoms with E-state index in [4.69, 9.17) is 0 Å². The van der Waals surface area contributed by atoms with Crippen LogP contribution in [-0.2, 0) is 10.0 Å². The van der Waals surface area contributed by atoms with Crippen LogP contribution in [0, 0.1) is 6.92 Å². The van der Waals surface area contributed by atoms with Gasteiger partial charge in [0.25, 0.3) is 0 Å². The van der Waals surface area contributed by atoms with Crippen molar-refractivity contribution in [1.82, 2.24) is 20.3 Å². The fourth-order valence-electron chi connectivity index (χ4n) is 3.22. The van der Waals surface area contributed by atoms with Gasteiger partial charge in [0.15, 0.2) is 5.96 Å². The molecule has 0 aliphatic carbocycles. The van der Waals surface area contributed by atoms with Crippen molar-refractivity contribution in [1.29, 1.82) is 0 Å². The maximum absolute atomic E-state index is 12.3. The lowest BCUT2D eigenvalue weighted by Gasteiger charge is -2.21. The first-order chi connectivity index (χ1) is 13.0. The topological polar surface area (TPSA) is 85.8 Å². The van der Waals surface area contributed by atoms with Crippen LogP contribution in [0.4, 0.5) is 0 Å². The first-order valence-corrected chi connectivity index (χ1v) is 11.3. The number of nitrogens with one attached hydrogen (secondary N) is 3. The number of likely N-dealkylation sites (N-methyl/N-ethyl adjacent to an activating group) is 1. The van der Waals surface area contributed by atoms with Crippen molar-refractivity contribution >= 4 is 16.0 Å². The molecular formula is C19H33N5O2S. The Labute approximate surface area is 163 Å². The quantitative estimate of drug-likeness (QED) is 0.333. The highest BCUT2D eigenvalue weighted by molar-refractivity contribution is 7.89. The first kappa shape index (κ1) is 21.7. The smallest absolute Gasteiger partial charge is 0.240 e. The summed E-state index contributed by atoms with van der Waals surface area (Å²) in [4.78, 5) is 7.42. The van der Waals surface area contributed by atoms with Crippen LogP contribution < -0.4 is 15.4 Å². The number of nitrogens with zero attached hydrogens (tertiary/aromatic N) is 2. The average molecular weight is 396 g/mol. The predicted octanol–water partition coefficient (Wildman–Crippen LogP) is 1.31. The molecule has 7 nitrogen and oxygen atoms in total. The Bertz CT molecular complexity index is 703. The summed E-state index contributed by atoms with van der Waals surface area (Å²) in [6.07, 6.45) is 2.42. The number of sulfonamides is 1. The zero-order valence-electron chi connectivity index (χ0n) is 16.7. The molecule has 1 aromatic carbocycles. The van der Waals surface area contributed by atoms with E-state index in [1.807, 2.05) is 13.8 Å². The van der Waals surface area contributed by atoms with E-state index in [2.05, 4.69) is 32.2 Å². The molecule has 2 rings (SSSR count). The first-order valence-electron chi connectivity index (χ1n) is 9.78. The molecule has 0 radical (unpaired) electrons. The number of benzene rings is 1. The van der Waals surface area contributed by atoms with E-state index in [0.717, 1.165) is 37.7 Å². The number of aryl methyl sites for hydroxylation is 1. The summed E-state index contributed by atoms with van der Waals surface area (Å²) in [5, 5.41) is 6.42. The van der Waals surface area contributed by atoms with Gasteiger partial charge < -0.3 is 10.6 Å². The molecule has 1 unspecified atom stereocenters. The Kier molecular flexibility index (Phi) is 8.53. The number of hydrogen-bond acceptors (Lipinski definition) is 4. The second-order valence-corrected chi connectivity index (χ2v) is 8.55. The van der Waals surface area contributed by atoms with Gasteiger partial charge in [0.05, 0.1) is 11.4 Å². The van der Waals surface area contributed by atoms with Gasteiger partial charge in [0.2, 0.25) is 10.0 Å². The highest BCUT2D eigenvalue weighted by Crippen LogP contribution is 2.16. The molecule has 1 aliphatic rings. The Morgan fingerprint density at radius 2 is 1.93 bits per heavy atom. The van der Waals surface area contributed by atoms with Crippen LogP contribution in [0.1, 0.15) is 32.3 Å². The van der Waals surface area contributed by atoms with E-state index in [9.17, 15) is 8.42 Å². The monoisotopic (exact) mass is 395 g/mol. The lowest BCUT2D eigenvalue weighted by molar-refractivity contribution is 0.273. The molecule has 0 saturated carbocycles. The Morgan fingerprint density at radius 3 is 2.59 bits per heavy atom. The maximum Gasteiger partial charge on any atom is 0.240 e. The molecule has 0 amide bonds. The van der Waals surface area contributed by atoms with E-state index < -0.39 is 10.0 Å². The molecular weight excluding hydrogens is 362 g/mol. The molecule has 1 saturated heterocycles. The minimum absolute atomic E-state index is 0.287. The summed E-state index contributed by atoms with van der Waals surface area (Å²) < 4.78 is 27.2. The van der Waals surface area contributed by atoms with E-state index in [1.165, 1.54) is 12.8 Å². The zero-order valence-corrected chi connectivity index (χ0v) is 17.5. The number of guanidine groups is 1. The summed E-state index contributed by atoms with van der Waals surface area (Å²) in [7, 11) is -3.48. The number of likely N-dealkylation sites (tertiary alicyclic amines) is 1. The number of hydrogen-bond donors (Lipinski definition) is 3. The molecule has 27 heavy (non-hydrogen) atoms. The second kappa shape index (κ2) is 10.6. The molecule has 3 N–H and O–H groups in total. The molecule has 1 aromatic rings. The third-order valence-corrected chi connectivity index (χ3v) is 6.23. The summed E-state index contributed by atoms with van der Waals surface area (Å²) in [6.45, 7) is 10.6. The highest BCUT2D eigenvalue weighted by Gasteiger charge is 2.22. The second-order valence-electron chi connectivity index (χ2n) is 6.78. The predicted molar refractivity (Wildman–Crippen MR) is 111 cm³/mol. The molecule has 8 heteroatoms. The van der Waals surface area contributed by atoms with Crippen LogP contribution in [0.25, 0.3) is 0 Å². The van der Waals surface area contributed by atoms with Crippen LogP contribution in [0.5, 0.6) is 0 Å². The van der Waals surface area contributed by atoms with Crippen LogP contribution in [0.2, 0.25) is 0 Å². The normalized spacial score (nSPS) is 18.6. The lowest BCUT2D eigenvalue weighted by Crippen LogP contribution is -2.42. The minimum Gasteiger partial charge on any atom is -0.357 e. The van der Waals surface area contributed by atoms with Gasteiger partial charge in [0.1, 0.15) is 0 Å². The van der Waals surface area contributed by atoms with Crippen LogP contribution in [-0.4, -0.2) is 64.6 Å². The molecule has 1 heterocycles. The van der Waals surface area contributed by atoms with Crippen LogP contribution in [0.3, 0.4) is 0 Å². The van der Waals surface area contributed by atoms with Crippen molar-refractivity contribution in [3.63, 3.8) is 0 Å². The van der Waals surface area contributed by atoms with Gasteiger partial charge in [-0.2, -0.15) is 0 Å². The Morgan fingerprint density at radius 1 is 1.19 bits per heavy atom. The summed E-state index contributed by atoms with van der Waals surface area (Å²) in [6, 6.07) is 7.34. The van der Waals surface area contributed by atoms with Gasteiger partial charge in [-0.25, -0.2) is 13.1 Å². The van der Waals surface area contributed by atoms with Gasteiger partial charge in [-0.3, -0.25) is 9.89 Å². The maximum atomic E-state index is 12.3. The number of rotatable bonds is 9. The zero-order chi connectivity index (χ0) is 19.7. The Hall–Kier alpha value is -1.64. The minimum atomic E-state index is -3.48. The van der Waals surface area contributed by atoms with E-state index in [0.29, 0.717) is 19.1 Å². The van der Waals surface area contributed by atoms with Crippen molar-refractivity contribution in [3.05, 3.63) is 29.8 Å². The molecule has 152 valence electrons. The molecule has 0 bridgehead atoms. The largest absolute Gasteiger partial charge is 0.357 e. The fourth-order valence-corrected chi connectivity index (χ4v) is 4.26. The van der Waals surface area contributed by atoms with Gasteiger partial charge in [-0.15, -0.1) is 0 Å². The molecule has 0 spiro atoms. The van der Waals surface area contributed by atoms with E-state index in [1.54, 1.807) is 24.3 Å². The van der Waals surface area contributed by atoms with Crippen molar-refractivity contribution in [2.24, 2.45) is 4.99 Å². The standard InChI is InChI=1S/C19H33N5O2S/c1-4-20-19(22-15-17-7-6-14-24(17)5-2)21-12-13-23-27(25,26)18-10-8-16(3)9-11-18/h8-11,17,23H,4-7,12-15H2,1-3H3,(H2,20,21,22). The highest BCUT2D eigenvalue weighted by atomic mass is 32.2. The molecule has 1 fully saturated rings. The van der Waals surface area contributed by atoms with Crippen molar-refractivity contribution < 1.29 is 8.42 Å². The van der Waals surface area contributed by atoms with Crippen LogP contribution >= 0.6 is 0 Å². The molecule has 0 aromatic heterocycles. The summed E-state index contributed by atoms with van der Waals surface area (Å²) >= 11 is 0. The average Bonchev–Trinajstić information content (AvgIpc) is 3.11. The van der Waals surface area contributed by atoms with Gasteiger partial charge in [0, 0.05) is 25.7 Å². The van der Waals surface area contributed by atoms with Gasteiger partial charge in [-0.05, 0) is 51.9 Å². The van der Waals surface area contributed by atoms with Gasteiger partial charge >= 0.3 is 0 Å². The fraction of sp³-hybridized carbons (Fsp3) is 0.632. The van der Waals surface area contributed by atoms with Gasteiger partial charge in [-0.1, -0.05) is 24.6 Å². The number of aliphatic imine (C=N–C) groups is 1.